The minimum Gasteiger partial charge on any atom is -0.450 e. The number of rotatable bonds is 6. The molecule has 9 nitrogen and oxygen atoms in total. The zero-order valence-corrected chi connectivity index (χ0v) is 20.3. The summed E-state index contributed by atoms with van der Waals surface area (Å²) in [5.41, 5.74) is -0.855. The highest BCUT2D eigenvalue weighted by Crippen LogP contribution is 2.29. The molecule has 2 N–H and O–H groups in total. The van der Waals surface area contributed by atoms with Gasteiger partial charge in [-0.15, -0.1) is 0 Å². The molecule has 2 saturated heterocycles. The van der Waals surface area contributed by atoms with Gasteiger partial charge in [0, 0.05) is 26.2 Å². The van der Waals surface area contributed by atoms with Crippen LogP contribution in [0.15, 0.2) is 4.99 Å². The predicted octanol–water partition coefficient (Wildman–Crippen LogP) is 2.63. The SMILES string of the molecule is CCOC(=O)NC(=N[C@@H](CC1CCCCC1)C(=O)NC1(C#N)CCN(C)CC1)N1CCCC1. The van der Waals surface area contributed by atoms with Crippen molar-refractivity contribution in [3.8, 4) is 6.07 Å². The second-order valence-corrected chi connectivity index (χ2v) is 9.73. The fraction of sp³-hybridized carbons (Fsp3) is 0.833. The van der Waals surface area contributed by atoms with Crippen molar-refractivity contribution in [3.63, 3.8) is 0 Å². The molecule has 0 bridgehead atoms. The number of nitriles is 1. The van der Waals surface area contributed by atoms with Gasteiger partial charge in [0.15, 0.2) is 0 Å². The van der Waals surface area contributed by atoms with Crippen molar-refractivity contribution in [2.45, 2.75) is 82.7 Å². The minimum atomic E-state index is -0.855. The van der Waals surface area contributed by atoms with E-state index in [-0.39, 0.29) is 12.5 Å². The van der Waals surface area contributed by atoms with Crippen molar-refractivity contribution in [2.75, 3.05) is 39.8 Å². The molecule has 2 heterocycles. The van der Waals surface area contributed by atoms with Crippen LogP contribution in [0.25, 0.3) is 0 Å². The van der Waals surface area contributed by atoms with E-state index in [0.29, 0.717) is 31.1 Å². The molecule has 2 aliphatic heterocycles. The lowest BCUT2D eigenvalue weighted by Crippen LogP contribution is -2.56. The smallest absolute Gasteiger partial charge is 0.413 e. The van der Waals surface area contributed by atoms with Crippen LogP contribution in [-0.2, 0) is 9.53 Å². The van der Waals surface area contributed by atoms with Crippen molar-refractivity contribution in [1.82, 2.24) is 20.4 Å². The maximum absolute atomic E-state index is 13.5. The molecule has 9 heteroatoms. The predicted molar refractivity (Wildman–Crippen MR) is 127 cm³/mol. The molecule has 3 rings (SSSR count). The topological polar surface area (TPSA) is 110 Å². The van der Waals surface area contributed by atoms with Crippen LogP contribution in [0.4, 0.5) is 4.79 Å². The van der Waals surface area contributed by atoms with Gasteiger partial charge < -0.3 is 19.9 Å². The van der Waals surface area contributed by atoms with Crippen LogP contribution in [-0.4, -0.2) is 79.2 Å². The fourth-order valence-electron chi connectivity index (χ4n) is 5.07. The normalized spacial score (nSPS) is 22.9. The van der Waals surface area contributed by atoms with E-state index in [2.05, 4.69) is 21.6 Å². The Kier molecular flexibility index (Phi) is 9.36. The third kappa shape index (κ3) is 7.32. The zero-order valence-electron chi connectivity index (χ0n) is 20.3. The molecule has 33 heavy (non-hydrogen) atoms. The van der Waals surface area contributed by atoms with E-state index >= 15 is 0 Å². The Hall–Kier alpha value is -2.34. The first-order chi connectivity index (χ1) is 15.9. The molecule has 1 saturated carbocycles. The minimum absolute atomic E-state index is 0.214. The van der Waals surface area contributed by atoms with Crippen LogP contribution < -0.4 is 10.6 Å². The van der Waals surface area contributed by atoms with E-state index < -0.39 is 17.7 Å². The number of guanidine groups is 1. The summed E-state index contributed by atoms with van der Waals surface area (Å²) in [4.78, 5) is 34.8. The lowest BCUT2D eigenvalue weighted by molar-refractivity contribution is -0.124. The number of nitrogens with zero attached hydrogens (tertiary/aromatic N) is 4. The maximum Gasteiger partial charge on any atom is 0.413 e. The van der Waals surface area contributed by atoms with Crippen molar-refractivity contribution in [2.24, 2.45) is 10.9 Å². The van der Waals surface area contributed by atoms with Crippen LogP contribution >= 0.6 is 0 Å². The second kappa shape index (κ2) is 12.2. The Balaban J connectivity index is 1.82. The molecule has 0 aromatic rings. The summed E-state index contributed by atoms with van der Waals surface area (Å²) in [7, 11) is 2.03. The highest BCUT2D eigenvalue weighted by molar-refractivity contribution is 5.96. The van der Waals surface area contributed by atoms with E-state index in [1.165, 1.54) is 19.3 Å². The largest absolute Gasteiger partial charge is 0.450 e. The maximum atomic E-state index is 13.5. The number of ether oxygens (including phenoxy) is 1. The van der Waals surface area contributed by atoms with Crippen molar-refractivity contribution in [1.29, 1.82) is 5.26 Å². The number of aliphatic imine (C=N–C) groups is 1. The monoisotopic (exact) mass is 460 g/mol. The Morgan fingerprint density at radius 3 is 2.39 bits per heavy atom. The summed E-state index contributed by atoms with van der Waals surface area (Å²) in [5.74, 6) is 0.626. The molecule has 2 amide bonds. The second-order valence-electron chi connectivity index (χ2n) is 9.73. The molecule has 1 aliphatic carbocycles. The number of piperidine rings is 1. The Morgan fingerprint density at radius 1 is 1.12 bits per heavy atom. The first-order valence-electron chi connectivity index (χ1n) is 12.6. The van der Waals surface area contributed by atoms with Gasteiger partial charge in [0.05, 0.1) is 12.7 Å². The Bertz CT molecular complexity index is 729. The van der Waals surface area contributed by atoms with E-state index in [4.69, 9.17) is 9.73 Å². The molecular formula is C24H40N6O3. The average Bonchev–Trinajstić information content (AvgIpc) is 3.35. The van der Waals surface area contributed by atoms with Crippen molar-refractivity contribution < 1.29 is 14.3 Å². The van der Waals surface area contributed by atoms with Gasteiger partial charge in [-0.2, -0.15) is 5.26 Å². The molecule has 3 aliphatic rings. The molecule has 0 spiro atoms. The summed E-state index contributed by atoms with van der Waals surface area (Å²) in [6, 6.07) is 1.73. The lowest BCUT2D eigenvalue weighted by Gasteiger charge is -2.37. The van der Waals surface area contributed by atoms with Crippen molar-refractivity contribution >= 4 is 18.0 Å². The van der Waals surface area contributed by atoms with Gasteiger partial charge in [-0.1, -0.05) is 32.1 Å². The Morgan fingerprint density at radius 2 is 1.79 bits per heavy atom. The van der Waals surface area contributed by atoms with E-state index in [9.17, 15) is 14.9 Å². The van der Waals surface area contributed by atoms with Crippen LogP contribution in [0, 0.1) is 17.2 Å². The van der Waals surface area contributed by atoms with E-state index in [0.717, 1.165) is 51.9 Å². The zero-order chi connectivity index (χ0) is 23.7. The van der Waals surface area contributed by atoms with E-state index in [1.54, 1.807) is 6.92 Å². The third-order valence-electron chi connectivity index (χ3n) is 7.17. The fourth-order valence-corrected chi connectivity index (χ4v) is 5.07. The summed E-state index contributed by atoms with van der Waals surface area (Å²) in [6.45, 7) is 5.15. The summed E-state index contributed by atoms with van der Waals surface area (Å²) in [6.07, 6.45) is 9.12. The van der Waals surface area contributed by atoms with Gasteiger partial charge in [-0.3, -0.25) is 10.1 Å². The van der Waals surface area contributed by atoms with Gasteiger partial charge in [-0.05, 0) is 52.0 Å². The average molecular weight is 461 g/mol. The highest BCUT2D eigenvalue weighted by atomic mass is 16.5. The molecule has 0 aromatic carbocycles. The number of carbonyl (C=O) groups excluding carboxylic acids is 2. The van der Waals surface area contributed by atoms with Crippen LogP contribution in [0.1, 0.15) is 71.1 Å². The summed E-state index contributed by atoms with van der Waals surface area (Å²) < 4.78 is 5.08. The molecule has 0 aromatic heterocycles. The number of hydrogen-bond donors (Lipinski definition) is 2. The van der Waals surface area contributed by atoms with Gasteiger partial charge in [0.1, 0.15) is 11.6 Å². The first-order valence-corrected chi connectivity index (χ1v) is 12.6. The van der Waals surface area contributed by atoms with Crippen LogP contribution in [0.3, 0.4) is 0 Å². The highest BCUT2D eigenvalue weighted by Gasteiger charge is 2.38. The summed E-state index contributed by atoms with van der Waals surface area (Å²) in [5, 5.41) is 15.8. The van der Waals surface area contributed by atoms with Crippen LogP contribution in [0.2, 0.25) is 0 Å². The van der Waals surface area contributed by atoms with Gasteiger partial charge in [0.2, 0.25) is 11.9 Å². The van der Waals surface area contributed by atoms with E-state index in [1.807, 2.05) is 11.9 Å². The first kappa shape index (κ1) is 25.3. The number of likely N-dealkylation sites (tertiary alicyclic amines) is 2. The number of hydrogen-bond acceptors (Lipinski definition) is 6. The third-order valence-corrected chi connectivity index (χ3v) is 7.17. The van der Waals surface area contributed by atoms with Crippen molar-refractivity contribution in [3.05, 3.63) is 0 Å². The number of amides is 2. The van der Waals surface area contributed by atoms with Gasteiger partial charge in [0.25, 0.3) is 0 Å². The molecule has 0 unspecified atom stereocenters. The molecule has 184 valence electrons. The number of nitrogens with one attached hydrogen (secondary N) is 2. The molecule has 1 atom stereocenters. The van der Waals surface area contributed by atoms with Crippen LogP contribution in [0.5, 0.6) is 0 Å². The lowest BCUT2D eigenvalue weighted by atomic mass is 9.84. The quantitative estimate of drug-likeness (QED) is 0.466. The summed E-state index contributed by atoms with van der Waals surface area (Å²) >= 11 is 0. The number of carbonyl (C=O) groups is 2. The van der Waals surface area contributed by atoms with Gasteiger partial charge >= 0.3 is 6.09 Å². The molecule has 3 fully saturated rings. The van der Waals surface area contributed by atoms with Gasteiger partial charge in [-0.25, -0.2) is 9.79 Å². The Labute approximate surface area is 197 Å². The molecular weight excluding hydrogens is 420 g/mol. The standard InChI is InChI=1S/C24H40N6O3/c1-3-33-23(32)27-22(30-13-7-8-14-30)26-20(17-19-9-5-4-6-10-19)21(31)28-24(18-25)11-15-29(2)16-12-24/h19-20H,3-17H2,1-2H3,(H,28,31)(H,26,27,32)/t20-/m0/s1. The number of alkyl carbamates (subject to hydrolysis) is 1. The molecule has 0 radical (unpaired) electrons.